The molecule has 1 heterocycles. The van der Waals surface area contributed by atoms with Crippen molar-refractivity contribution >= 4 is 23.8 Å². The Hall–Kier alpha value is -0.450. The number of halogens is 1. The third kappa shape index (κ3) is 4.98. The maximum absolute atomic E-state index is 5.75. The van der Waals surface area contributed by atoms with Gasteiger partial charge in [0.15, 0.2) is 5.75 Å². The summed E-state index contributed by atoms with van der Waals surface area (Å²) in [6.07, 6.45) is 3.17. The summed E-state index contributed by atoms with van der Waals surface area (Å²) in [5, 5.41) is 0.558. The third-order valence-corrected chi connectivity index (χ3v) is 1.69. The average molecular weight is 221 g/mol. The van der Waals surface area contributed by atoms with Gasteiger partial charge < -0.3 is 4.18 Å². The molecule has 0 saturated heterocycles. The van der Waals surface area contributed by atoms with Gasteiger partial charge in [0.25, 0.3) is 0 Å². The smallest absolute Gasteiger partial charge is 0.176 e. The second-order valence-electron chi connectivity index (χ2n) is 1.68. The molecule has 1 N–H and O–H groups in total. The Morgan fingerprint density at radius 1 is 1.54 bits per heavy atom. The van der Waals surface area contributed by atoms with E-state index in [-0.39, 0.29) is 0 Å². The fourth-order valence-corrected chi connectivity index (χ4v) is 1.01. The Kier molecular flexibility index (Phi) is 7.88. The van der Waals surface area contributed by atoms with Gasteiger partial charge in [-0.05, 0) is 13.1 Å². The topological polar surface area (TPSA) is 34.1 Å². The van der Waals surface area contributed by atoms with E-state index in [1.54, 1.807) is 25.5 Å². The fraction of sp³-hybridized carbons (Fsp3) is 0.375. The van der Waals surface area contributed by atoms with Gasteiger partial charge in [0.05, 0.1) is 11.2 Å². The zero-order valence-electron chi connectivity index (χ0n) is 7.87. The lowest BCUT2D eigenvalue weighted by Gasteiger charge is -2.01. The Morgan fingerprint density at radius 3 is 2.77 bits per heavy atom. The Balaban J connectivity index is 0.000000671. The van der Waals surface area contributed by atoms with Crippen LogP contribution < -0.4 is 8.91 Å². The van der Waals surface area contributed by atoms with E-state index in [4.69, 9.17) is 15.8 Å². The van der Waals surface area contributed by atoms with E-state index < -0.39 is 0 Å². The molecule has 1 aromatic rings. The van der Waals surface area contributed by atoms with E-state index in [9.17, 15) is 0 Å². The molecule has 13 heavy (non-hydrogen) atoms. The van der Waals surface area contributed by atoms with Crippen molar-refractivity contribution in [1.29, 1.82) is 0 Å². The predicted octanol–water partition coefficient (Wildman–Crippen LogP) is 2.92. The first-order valence-electron chi connectivity index (χ1n) is 3.94. The molecule has 0 spiro atoms. The summed E-state index contributed by atoms with van der Waals surface area (Å²) in [6.45, 7) is 4.00. The van der Waals surface area contributed by atoms with Gasteiger partial charge in [-0.15, -0.1) is 0 Å². The molecule has 0 fully saturated rings. The van der Waals surface area contributed by atoms with Crippen LogP contribution >= 0.6 is 23.8 Å². The molecule has 0 bridgehead atoms. The van der Waals surface area contributed by atoms with Crippen molar-refractivity contribution in [2.75, 3.05) is 7.05 Å². The SMILES string of the molecule is CC.CNSOc1cnccc1Cl. The minimum Gasteiger partial charge on any atom is -0.406 e. The number of aromatic nitrogens is 1. The molecule has 0 aliphatic heterocycles. The van der Waals surface area contributed by atoms with E-state index in [0.29, 0.717) is 10.8 Å². The lowest BCUT2D eigenvalue weighted by molar-refractivity contribution is 0.636. The molecule has 0 aliphatic rings. The number of nitrogens with zero attached hydrogens (tertiary/aromatic N) is 1. The fourth-order valence-electron chi connectivity index (χ4n) is 0.511. The van der Waals surface area contributed by atoms with Gasteiger partial charge in [-0.3, -0.25) is 4.98 Å². The molecule has 0 atom stereocenters. The van der Waals surface area contributed by atoms with Crippen LogP contribution in [0.3, 0.4) is 0 Å². The Bertz CT molecular complexity index is 235. The van der Waals surface area contributed by atoms with Crippen molar-refractivity contribution < 1.29 is 4.18 Å². The van der Waals surface area contributed by atoms with Crippen molar-refractivity contribution in [2.45, 2.75) is 13.8 Å². The molecule has 0 unspecified atom stereocenters. The van der Waals surface area contributed by atoms with Crippen molar-refractivity contribution in [1.82, 2.24) is 9.71 Å². The van der Waals surface area contributed by atoms with E-state index in [2.05, 4.69) is 9.71 Å². The maximum Gasteiger partial charge on any atom is 0.176 e. The first-order chi connectivity index (χ1) is 6.34. The lowest BCUT2D eigenvalue weighted by atomic mass is 10.5. The molecular weight excluding hydrogens is 208 g/mol. The molecule has 0 radical (unpaired) electrons. The maximum atomic E-state index is 5.75. The number of rotatable bonds is 3. The quantitative estimate of drug-likeness (QED) is 0.628. The Labute approximate surface area is 88.2 Å². The van der Waals surface area contributed by atoms with Gasteiger partial charge in [0.2, 0.25) is 0 Å². The monoisotopic (exact) mass is 220 g/mol. The average Bonchev–Trinajstić information content (AvgIpc) is 2.20. The molecule has 0 amide bonds. The molecular formula is C8H13ClN2OS. The number of nitrogens with one attached hydrogen (secondary N) is 1. The second-order valence-corrected chi connectivity index (χ2v) is 2.83. The van der Waals surface area contributed by atoms with Crippen LogP contribution in [0, 0.1) is 0 Å². The van der Waals surface area contributed by atoms with Crippen molar-refractivity contribution in [3.05, 3.63) is 23.5 Å². The van der Waals surface area contributed by atoms with Crippen LogP contribution in [0.25, 0.3) is 0 Å². The van der Waals surface area contributed by atoms with Crippen LogP contribution in [0.2, 0.25) is 5.02 Å². The molecule has 1 rings (SSSR count). The summed E-state index contributed by atoms with van der Waals surface area (Å²) in [4.78, 5) is 3.85. The normalized spacial score (nSPS) is 8.62. The van der Waals surface area contributed by atoms with Crippen LogP contribution in [0.1, 0.15) is 13.8 Å². The zero-order valence-corrected chi connectivity index (χ0v) is 9.45. The van der Waals surface area contributed by atoms with Crippen LogP contribution in [0.15, 0.2) is 18.5 Å². The number of hydrogen-bond acceptors (Lipinski definition) is 4. The van der Waals surface area contributed by atoms with E-state index in [0.717, 1.165) is 12.2 Å². The lowest BCUT2D eigenvalue weighted by Crippen LogP contribution is -1.95. The van der Waals surface area contributed by atoms with E-state index in [1.807, 2.05) is 13.8 Å². The first-order valence-corrected chi connectivity index (χ1v) is 5.06. The van der Waals surface area contributed by atoms with Crippen molar-refractivity contribution in [2.24, 2.45) is 0 Å². The molecule has 1 aromatic heterocycles. The molecule has 74 valence electrons. The van der Waals surface area contributed by atoms with Gasteiger partial charge >= 0.3 is 0 Å². The van der Waals surface area contributed by atoms with Gasteiger partial charge in [0.1, 0.15) is 12.2 Å². The summed E-state index contributed by atoms with van der Waals surface area (Å²) in [5.74, 6) is 0.563. The highest BCUT2D eigenvalue weighted by molar-refractivity contribution is 7.93. The van der Waals surface area contributed by atoms with Crippen LogP contribution in [0.5, 0.6) is 5.75 Å². The van der Waals surface area contributed by atoms with Crippen molar-refractivity contribution in [3.63, 3.8) is 0 Å². The van der Waals surface area contributed by atoms with Crippen LogP contribution in [-0.2, 0) is 0 Å². The highest BCUT2D eigenvalue weighted by Gasteiger charge is 1.99. The van der Waals surface area contributed by atoms with Gasteiger partial charge in [-0.25, -0.2) is 4.72 Å². The highest BCUT2D eigenvalue weighted by Crippen LogP contribution is 2.23. The first kappa shape index (κ1) is 12.6. The predicted molar refractivity (Wildman–Crippen MR) is 57.9 cm³/mol. The molecule has 5 heteroatoms. The van der Waals surface area contributed by atoms with Crippen LogP contribution in [0.4, 0.5) is 0 Å². The summed E-state index contributed by atoms with van der Waals surface area (Å²) in [7, 11) is 1.76. The standard InChI is InChI=1S/C6H7ClN2OS.C2H6/c1-8-11-10-6-4-9-3-2-5(6)7;1-2/h2-4,8H,1H3;1-2H3. The Morgan fingerprint density at radius 2 is 2.23 bits per heavy atom. The minimum atomic E-state index is 0.558. The molecule has 0 aliphatic carbocycles. The summed E-state index contributed by atoms with van der Waals surface area (Å²) >= 11 is 6.85. The third-order valence-electron chi connectivity index (χ3n) is 0.949. The molecule has 0 saturated carbocycles. The largest absolute Gasteiger partial charge is 0.406 e. The summed E-state index contributed by atoms with van der Waals surface area (Å²) < 4.78 is 7.85. The van der Waals surface area contributed by atoms with Crippen molar-refractivity contribution in [3.8, 4) is 5.75 Å². The highest BCUT2D eigenvalue weighted by atomic mass is 35.5. The van der Waals surface area contributed by atoms with Gasteiger partial charge in [-0.1, -0.05) is 25.4 Å². The molecule has 0 aromatic carbocycles. The second kappa shape index (κ2) is 8.16. The number of pyridine rings is 1. The van der Waals surface area contributed by atoms with Gasteiger partial charge in [-0.2, -0.15) is 0 Å². The van der Waals surface area contributed by atoms with Gasteiger partial charge in [0, 0.05) is 6.20 Å². The van der Waals surface area contributed by atoms with E-state index in [1.165, 1.54) is 0 Å². The molecule has 3 nitrogen and oxygen atoms in total. The summed E-state index contributed by atoms with van der Waals surface area (Å²) in [5.41, 5.74) is 0. The zero-order chi connectivity index (χ0) is 10.1. The minimum absolute atomic E-state index is 0.558. The number of hydrogen-bond donors (Lipinski definition) is 1. The van der Waals surface area contributed by atoms with E-state index >= 15 is 0 Å². The van der Waals surface area contributed by atoms with Crippen LogP contribution in [-0.4, -0.2) is 12.0 Å². The summed E-state index contributed by atoms with van der Waals surface area (Å²) in [6, 6.07) is 1.67.